The molecule has 0 unspecified atom stereocenters. The van der Waals surface area contributed by atoms with Gasteiger partial charge in [-0.15, -0.1) is 0 Å². The summed E-state index contributed by atoms with van der Waals surface area (Å²) in [4.78, 5) is 32.5. The number of aliphatic carboxylic acids is 1. The molecular formula is C25H46O5. The predicted molar refractivity (Wildman–Crippen MR) is 122 cm³/mol. The molecule has 1 N–H and O–H groups in total. The van der Waals surface area contributed by atoms with Gasteiger partial charge < -0.3 is 14.6 Å². The van der Waals surface area contributed by atoms with Crippen LogP contribution in [0.2, 0.25) is 0 Å². The van der Waals surface area contributed by atoms with Gasteiger partial charge in [0.15, 0.2) is 0 Å². The van der Waals surface area contributed by atoms with Gasteiger partial charge >= 0.3 is 5.97 Å². The third-order valence-electron chi connectivity index (χ3n) is 5.45. The number of rotatable bonds is 25. The lowest BCUT2D eigenvalue weighted by Crippen LogP contribution is -2.02. The Morgan fingerprint density at radius 2 is 1.00 bits per heavy atom. The van der Waals surface area contributed by atoms with Gasteiger partial charge in [-0.3, -0.25) is 9.59 Å². The van der Waals surface area contributed by atoms with Crippen LogP contribution in [0.25, 0.3) is 0 Å². The van der Waals surface area contributed by atoms with Crippen molar-refractivity contribution in [2.45, 2.75) is 128 Å². The summed E-state index contributed by atoms with van der Waals surface area (Å²) in [6.45, 7) is 1.49. The summed E-state index contributed by atoms with van der Waals surface area (Å²) in [6.07, 6.45) is 21.0. The summed E-state index contributed by atoms with van der Waals surface area (Å²) in [5, 5.41) is 8.57. The van der Waals surface area contributed by atoms with Crippen LogP contribution in [0, 0.1) is 0 Å². The second kappa shape index (κ2) is 24.0. The Morgan fingerprint density at radius 3 is 1.57 bits per heavy atom. The highest BCUT2D eigenvalue weighted by atomic mass is 16.5. The van der Waals surface area contributed by atoms with Gasteiger partial charge in [0.1, 0.15) is 12.1 Å². The molecule has 5 heteroatoms. The number of carboxylic acids is 1. The fourth-order valence-electron chi connectivity index (χ4n) is 3.57. The van der Waals surface area contributed by atoms with E-state index < -0.39 is 5.97 Å². The Balaban J connectivity index is 3.17. The maximum atomic E-state index is 11.9. The van der Waals surface area contributed by atoms with Crippen molar-refractivity contribution in [1.82, 2.24) is 0 Å². The molecule has 0 heterocycles. The molecule has 0 spiro atoms. The first-order valence-electron chi connectivity index (χ1n) is 12.4. The summed E-state index contributed by atoms with van der Waals surface area (Å²) < 4.78 is 5.63. The maximum absolute atomic E-state index is 11.9. The largest absolute Gasteiger partial charge is 0.481 e. The molecule has 5 nitrogen and oxygen atoms in total. The highest BCUT2D eigenvalue weighted by molar-refractivity contribution is 5.78. The summed E-state index contributed by atoms with van der Waals surface area (Å²) in [6, 6.07) is 0. The standard InChI is InChI=1S/C25H46O5/c26-21-15-11-7-3-4-8-12-16-22-30-23-17-19-24(27)18-13-9-5-1-2-6-10-14-20-25(28)29/h21H,1-20,22-23H2,(H,28,29). The molecule has 0 bridgehead atoms. The van der Waals surface area contributed by atoms with Gasteiger partial charge in [0.2, 0.25) is 0 Å². The van der Waals surface area contributed by atoms with Crippen molar-refractivity contribution in [3.05, 3.63) is 0 Å². The van der Waals surface area contributed by atoms with Crippen LogP contribution in [0.3, 0.4) is 0 Å². The Labute approximate surface area is 184 Å². The van der Waals surface area contributed by atoms with E-state index in [0.717, 1.165) is 64.3 Å². The van der Waals surface area contributed by atoms with Crippen molar-refractivity contribution in [2.24, 2.45) is 0 Å². The Hall–Kier alpha value is -1.23. The van der Waals surface area contributed by atoms with E-state index >= 15 is 0 Å². The molecule has 0 radical (unpaired) electrons. The van der Waals surface area contributed by atoms with Crippen LogP contribution in [0.5, 0.6) is 0 Å². The van der Waals surface area contributed by atoms with Gasteiger partial charge in [-0.2, -0.15) is 0 Å². The first-order chi connectivity index (χ1) is 14.7. The first-order valence-corrected chi connectivity index (χ1v) is 12.4. The van der Waals surface area contributed by atoms with Crippen LogP contribution in [0.15, 0.2) is 0 Å². The van der Waals surface area contributed by atoms with Crippen LogP contribution in [-0.4, -0.2) is 36.4 Å². The van der Waals surface area contributed by atoms with Gasteiger partial charge in [-0.25, -0.2) is 0 Å². The molecule has 0 rings (SSSR count). The summed E-state index contributed by atoms with van der Waals surface area (Å²) >= 11 is 0. The average Bonchev–Trinajstić information content (AvgIpc) is 2.72. The molecule has 0 saturated heterocycles. The number of carbonyl (C=O) groups is 3. The minimum atomic E-state index is -0.697. The Morgan fingerprint density at radius 1 is 0.567 bits per heavy atom. The second-order valence-electron chi connectivity index (χ2n) is 8.41. The molecule has 0 aliphatic heterocycles. The van der Waals surface area contributed by atoms with E-state index in [9.17, 15) is 14.4 Å². The molecule has 0 fully saturated rings. The lowest BCUT2D eigenvalue weighted by atomic mass is 10.0. The number of carbonyl (C=O) groups excluding carboxylic acids is 2. The molecule has 0 aliphatic carbocycles. The van der Waals surface area contributed by atoms with Crippen molar-refractivity contribution in [3.8, 4) is 0 Å². The maximum Gasteiger partial charge on any atom is 0.303 e. The Kier molecular flexibility index (Phi) is 23.1. The number of ketones is 1. The van der Waals surface area contributed by atoms with Gasteiger partial charge in [0.25, 0.3) is 0 Å². The second-order valence-corrected chi connectivity index (χ2v) is 8.41. The highest BCUT2D eigenvalue weighted by Gasteiger charge is 2.02. The van der Waals surface area contributed by atoms with Gasteiger partial charge in [0, 0.05) is 38.9 Å². The normalized spacial score (nSPS) is 10.9. The van der Waals surface area contributed by atoms with E-state index in [1.165, 1.54) is 51.4 Å². The zero-order valence-electron chi connectivity index (χ0n) is 19.2. The molecule has 0 amide bonds. The zero-order valence-corrected chi connectivity index (χ0v) is 19.2. The van der Waals surface area contributed by atoms with E-state index in [4.69, 9.17) is 9.84 Å². The number of carboxylic acid groups (broad SMARTS) is 1. The van der Waals surface area contributed by atoms with E-state index in [-0.39, 0.29) is 6.42 Å². The average molecular weight is 427 g/mol. The molecular weight excluding hydrogens is 380 g/mol. The lowest BCUT2D eigenvalue weighted by Gasteiger charge is -2.05. The molecule has 0 aromatic rings. The van der Waals surface area contributed by atoms with Crippen LogP contribution in [0.1, 0.15) is 128 Å². The lowest BCUT2D eigenvalue weighted by molar-refractivity contribution is -0.137. The number of hydrogen-bond donors (Lipinski definition) is 1. The first kappa shape index (κ1) is 28.8. The van der Waals surface area contributed by atoms with E-state index in [1.54, 1.807) is 0 Å². The van der Waals surface area contributed by atoms with Crippen molar-refractivity contribution in [3.63, 3.8) is 0 Å². The Bertz CT molecular complexity index is 408. The highest BCUT2D eigenvalue weighted by Crippen LogP contribution is 2.12. The van der Waals surface area contributed by atoms with E-state index in [0.29, 0.717) is 31.7 Å². The van der Waals surface area contributed by atoms with E-state index in [2.05, 4.69) is 0 Å². The molecule has 0 aromatic carbocycles. The van der Waals surface area contributed by atoms with Crippen molar-refractivity contribution in [2.75, 3.05) is 13.2 Å². The smallest absolute Gasteiger partial charge is 0.303 e. The van der Waals surface area contributed by atoms with Crippen molar-refractivity contribution in [1.29, 1.82) is 0 Å². The topological polar surface area (TPSA) is 80.7 Å². The molecule has 176 valence electrons. The SMILES string of the molecule is O=CCCCCCCCCCOCCCC(=O)CCCCCCCCCCC(=O)O. The third-order valence-corrected chi connectivity index (χ3v) is 5.45. The fraction of sp³-hybridized carbons (Fsp3) is 0.880. The van der Waals surface area contributed by atoms with Gasteiger partial charge in [-0.05, 0) is 32.1 Å². The minimum absolute atomic E-state index is 0.290. The molecule has 30 heavy (non-hydrogen) atoms. The number of Topliss-reactive ketones (excluding diaryl/α,β-unsaturated/α-hetero) is 1. The van der Waals surface area contributed by atoms with Crippen molar-refractivity contribution < 1.29 is 24.2 Å². The number of unbranched alkanes of at least 4 members (excludes halogenated alkanes) is 14. The number of hydrogen-bond acceptors (Lipinski definition) is 4. The summed E-state index contributed by atoms with van der Waals surface area (Å²) in [5.41, 5.74) is 0. The van der Waals surface area contributed by atoms with Crippen LogP contribution < -0.4 is 0 Å². The minimum Gasteiger partial charge on any atom is -0.481 e. The van der Waals surface area contributed by atoms with Crippen LogP contribution >= 0.6 is 0 Å². The zero-order chi connectivity index (χ0) is 22.1. The van der Waals surface area contributed by atoms with Gasteiger partial charge in [0.05, 0.1) is 0 Å². The monoisotopic (exact) mass is 426 g/mol. The fourth-order valence-corrected chi connectivity index (χ4v) is 3.57. The molecule has 0 atom stereocenters. The summed E-state index contributed by atoms with van der Waals surface area (Å²) in [7, 11) is 0. The van der Waals surface area contributed by atoms with Gasteiger partial charge in [-0.1, -0.05) is 70.6 Å². The molecule has 0 aliphatic rings. The number of aldehydes is 1. The van der Waals surface area contributed by atoms with Crippen molar-refractivity contribution >= 4 is 18.0 Å². The number of ether oxygens (including phenoxy) is 1. The molecule has 0 saturated carbocycles. The van der Waals surface area contributed by atoms with Crippen LogP contribution in [0.4, 0.5) is 0 Å². The summed E-state index contributed by atoms with van der Waals surface area (Å²) in [5.74, 6) is -0.335. The van der Waals surface area contributed by atoms with Crippen LogP contribution in [-0.2, 0) is 19.1 Å². The van der Waals surface area contributed by atoms with E-state index in [1.807, 2.05) is 0 Å². The predicted octanol–water partition coefficient (Wildman–Crippen LogP) is 6.66. The molecule has 0 aromatic heterocycles. The quantitative estimate of drug-likeness (QED) is 0.130. The third kappa shape index (κ3) is 24.8.